The van der Waals surface area contributed by atoms with Gasteiger partial charge in [0.1, 0.15) is 0 Å². The molecule has 1 aromatic rings. The summed E-state index contributed by atoms with van der Waals surface area (Å²) in [6.45, 7) is 9.15. The molecule has 1 aromatic carbocycles. The van der Waals surface area contributed by atoms with E-state index in [1.165, 1.54) is 0 Å². The van der Waals surface area contributed by atoms with E-state index in [4.69, 9.17) is 0 Å². The standard InChI is InChI=1S/C16H26N2OS/c1-5-17-14-7-8-15(12(3)11-14)16(19)18-13(4)9-10-20-6-2/h7-8,11,13,17H,5-6,9-10H2,1-4H3,(H,18,19). The van der Waals surface area contributed by atoms with E-state index in [-0.39, 0.29) is 11.9 Å². The maximum atomic E-state index is 12.2. The van der Waals surface area contributed by atoms with E-state index in [2.05, 4.69) is 31.4 Å². The van der Waals surface area contributed by atoms with Crippen LogP contribution >= 0.6 is 11.8 Å². The highest BCUT2D eigenvalue weighted by atomic mass is 32.2. The summed E-state index contributed by atoms with van der Waals surface area (Å²) in [7, 11) is 0. The molecule has 1 atom stereocenters. The summed E-state index contributed by atoms with van der Waals surface area (Å²) in [6, 6.07) is 6.10. The maximum Gasteiger partial charge on any atom is 0.251 e. The van der Waals surface area contributed by atoms with E-state index in [1.807, 2.05) is 36.9 Å². The molecule has 1 amide bonds. The van der Waals surface area contributed by atoms with Gasteiger partial charge < -0.3 is 10.6 Å². The average Bonchev–Trinajstić information content (AvgIpc) is 2.39. The molecular weight excluding hydrogens is 268 g/mol. The Morgan fingerprint density at radius 1 is 1.35 bits per heavy atom. The molecule has 1 unspecified atom stereocenters. The number of carbonyl (C=O) groups excluding carboxylic acids is 1. The van der Waals surface area contributed by atoms with Gasteiger partial charge in [0.2, 0.25) is 0 Å². The quantitative estimate of drug-likeness (QED) is 0.719. The Hall–Kier alpha value is -1.16. The number of benzene rings is 1. The summed E-state index contributed by atoms with van der Waals surface area (Å²) in [5.74, 6) is 2.25. The second kappa shape index (κ2) is 8.90. The molecule has 4 heteroatoms. The van der Waals surface area contributed by atoms with Crippen molar-refractivity contribution < 1.29 is 4.79 Å². The summed E-state index contributed by atoms with van der Waals surface area (Å²) in [5, 5.41) is 6.33. The third-order valence-corrected chi connectivity index (χ3v) is 4.06. The van der Waals surface area contributed by atoms with Crippen LogP contribution in [-0.4, -0.2) is 30.0 Å². The van der Waals surface area contributed by atoms with E-state index in [0.717, 1.165) is 41.3 Å². The molecule has 0 spiro atoms. The normalized spacial score (nSPS) is 12.0. The zero-order valence-electron chi connectivity index (χ0n) is 13.0. The molecule has 0 aromatic heterocycles. The van der Waals surface area contributed by atoms with Gasteiger partial charge in [-0.15, -0.1) is 0 Å². The van der Waals surface area contributed by atoms with Gasteiger partial charge >= 0.3 is 0 Å². The first-order valence-electron chi connectivity index (χ1n) is 7.31. The number of anilines is 1. The van der Waals surface area contributed by atoms with Gasteiger partial charge in [-0.2, -0.15) is 11.8 Å². The molecule has 0 radical (unpaired) electrons. The molecule has 0 fully saturated rings. The van der Waals surface area contributed by atoms with Crippen molar-refractivity contribution in [2.75, 3.05) is 23.4 Å². The first-order chi connectivity index (χ1) is 9.58. The first kappa shape index (κ1) is 16.9. The highest BCUT2D eigenvalue weighted by molar-refractivity contribution is 7.99. The van der Waals surface area contributed by atoms with Crippen molar-refractivity contribution in [1.82, 2.24) is 5.32 Å². The number of carbonyl (C=O) groups is 1. The minimum absolute atomic E-state index is 0.0274. The Morgan fingerprint density at radius 2 is 2.10 bits per heavy atom. The SMILES string of the molecule is CCNc1ccc(C(=O)NC(C)CCSCC)c(C)c1. The number of nitrogens with one attached hydrogen (secondary N) is 2. The van der Waals surface area contributed by atoms with E-state index in [9.17, 15) is 4.79 Å². The monoisotopic (exact) mass is 294 g/mol. The van der Waals surface area contributed by atoms with Gasteiger partial charge in [0.05, 0.1) is 0 Å². The number of hydrogen-bond acceptors (Lipinski definition) is 3. The van der Waals surface area contributed by atoms with Crippen LogP contribution in [0.2, 0.25) is 0 Å². The molecule has 20 heavy (non-hydrogen) atoms. The van der Waals surface area contributed by atoms with Crippen LogP contribution in [0.15, 0.2) is 18.2 Å². The largest absolute Gasteiger partial charge is 0.385 e. The van der Waals surface area contributed by atoms with Crippen LogP contribution in [0, 0.1) is 6.92 Å². The number of rotatable bonds is 8. The molecule has 0 saturated heterocycles. The van der Waals surface area contributed by atoms with Gasteiger partial charge in [-0.3, -0.25) is 4.79 Å². The molecule has 1 rings (SSSR count). The Kier molecular flexibility index (Phi) is 7.52. The second-order valence-electron chi connectivity index (χ2n) is 4.92. The minimum atomic E-state index is 0.0274. The molecule has 112 valence electrons. The lowest BCUT2D eigenvalue weighted by molar-refractivity contribution is 0.0939. The molecule has 0 heterocycles. The lowest BCUT2D eigenvalue weighted by Crippen LogP contribution is -2.33. The van der Waals surface area contributed by atoms with Crippen LogP contribution in [0.4, 0.5) is 5.69 Å². The Bertz CT molecular complexity index is 434. The summed E-state index contributed by atoms with van der Waals surface area (Å²) in [6.07, 6.45) is 1.01. The Morgan fingerprint density at radius 3 is 2.70 bits per heavy atom. The second-order valence-corrected chi connectivity index (χ2v) is 6.31. The fraction of sp³-hybridized carbons (Fsp3) is 0.562. The molecule has 0 aliphatic heterocycles. The zero-order chi connectivity index (χ0) is 15.0. The summed E-state index contributed by atoms with van der Waals surface area (Å²) >= 11 is 1.91. The molecule has 0 aliphatic carbocycles. The van der Waals surface area contributed by atoms with Crippen molar-refractivity contribution in [2.45, 2.75) is 40.2 Å². The maximum absolute atomic E-state index is 12.2. The summed E-state index contributed by atoms with van der Waals surface area (Å²) in [5.41, 5.74) is 2.84. The van der Waals surface area contributed by atoms with Gasteiger partial charge in [0.15, 0.2) is 0 Å². The third kappa shape index (κ3) is 5.45. The summed E-state index contributed by atoms with van der Waals surface area (Å²) in [4.78, 5) is 12.2. The van der Waals surface area contributed by atoms with Crippen molar-refractivity contribution in [2.24, 2.45) is 0 Å². The molecule has 0 saturated carbocycles. The number of amides is 1. The van der Waals surface area contributed by atoms with Gasteiger partial charge in [-0.1, -0.05) is 6.92 Å². The van der Waals surface area contributed by atoms with Crippen LogP contribution < -0.4 is 10.6 Å². The van der Waals surface area contributed by atoms with E-state index in [1.54, 1.807) is 0 Å². The molecule has 2 N–H and O–H groups in total. The molecule has 0 aliphatic rings. The van der Waals surface area contributed by atoms with Crippen LogP contribution in [0.1, 0.15) is 43.1 Å². The number of hydrogen-bond donors (Lipinski definition) is 2. The highest BCUT2D eigenvalue weighted by Crippen LogP contribution is 2.15. The van der Waals surface area contributed by atoms with Gasteiger partial charge in [0, 0.05) is 23.8 Å². The number of thioether (sulfide) groups is 1. The lowest BCUT2D eigenvalue weighted by Gasteiger charge is -2.15. The van der Waals surface area contributed by atoms with Crippen molar-refractivity contribution >= 4 is 23.4 Å². The smallest absolute Gasteiger partial charge is 0.251 e. The van der Waals surface area contributed by atoms with Crippen molar-refractivity contribution in [3.63, 3.8) is 0 Å². The topological polar surface area (TPSA) is 41.1 Å². The van der Waals surface area contributed by atoms with Crippen LogP contribution in [0.25, 0.3) is 0 Å². The Labute approximate surface area is 126 Å². The first-order valence-corrected chi connectivity index (χ1v) is 8.47. The predicted molar refractivity (Wildman–Crippen MR) is 89.9 cm³/mol. The lowest BCUT2D eigenvalue weighted by atomic mass is 10.1. The molecule has 0 bridgehead atoms. The molecular formula is C16H26N2OS. The van der Waals surface area contributed by atoms with Crippen molar-refractivity contribution in [3.05, 3.63) is 29.3 Å². The van der Waals surface area contributed by atoms with Crippen molar-refractivity contribution in [1.29, 1.82) is 0 Å². The average molecular weight is 294 g/mol. The molecule has 3 nitrogen and oxygen atoms in total. The fourth-order valence-electron chi connectivity index (χ4n) is 2.01. The van der Waals surface area contributed by atoms with Crippen LogP contribution in [0.5, 0.6) is 0 Å². The fourth-order valence-corrected chi connectivity index (χ4v) is 2.82. The Balaban J connectivity index is 2.58. The minimum Gasteiger partial charge on any atom is -0.385 e. The van der Waals surface area contributed by atoms with Crippen molar-refractivity contribution in [3.8, 4) is 0 Å². The third-order valence-electron chi connectivity index (χ3n) is 3.13. The predicted octanol–water partition coefficient (Wildman–Crippen LogP) is 3.69. The van der Waals surface area contributed by atoms with Crippen LogP contribution in [-0.2, 0) is 0 Å². The summed E-state index contributed by atoms with van der Waals surface area (Å²) < 4.78 is 0. The van der Waals surface area contributed by atoms with Crippen LogP contribution in [0.3, 0.4) is 0 Å². The number of aryl methyl sites for hydroxylation is 1. The van der Waals surface area contributed by atoms with Gasteiger partial charge in [-0.05, 0) is 62.5 Å². The van der Waals surface area contributed by atoms with Gasteiger partial charge in [0.25, 0.3) is 5.91 Å². The van der Waals surface area contributed by atoms with Gasteiger partial charge in [-0.25, -0.2) is 0 Å². The van der Waals surface area contributed by atoms with E-state index >= 15 is 0 Å². The van der Waals surface area contributed by atoms with E-state index < -0.39 is 0 Å². The highest BCUT2D eigenvalue weighted by Gasteiger charge is 2.12. The van der Waals surface area contributed by atoms with E-state index in [0.29, 0.717) is 0 Å². The zero-order valence-corrected chi connectivity index (χ0v) is 13.8.